The van der Waals surface area contributed by atoms with Crippen molar-refractivity contribution in [3.05, 3.63) is 0 Å². The van der Waals surface area contributed by atoms with Gasteiger partial charge in [-0.15, -0.1) is 0 Å². The minimum atomic E-state index is -3.35. The fourth-order valence-electron chi connectivity index (χ4n) is 1.54. The van der Waals surface area contributed by atoms with Crippen LogP contribution >= 0.6 is 24.0 Å². The first-order chi connectivity index (χ1) is 7.39. The van der Waals surface area contributed by atoms with Gasteiger partial charge in [0.05, 0.1) is 4.99 Å². The summed E-state index contributed by atoms with van der Waals surface area (Å²) in [7, 11) is -3.35. The SMILES string of the molecule is CCC1CN(S(=O)(=O)C(C)C(N)=S)CCS1. The van der Waals surface area contributed by atoms with Crippen molar-refractivity contribution < 1.29 is 8.42 Å². The van der Waals surface area contributed by atoms with E-state index in [2.05, 4.69) is 6.92 Å². The number of hydrogen-bond donors (Lipinski definition) is 1. The number of thioether (sulfide) groups is 1. The summed E-state index contributed by atoms with van der Waals surface area (Å²) in [4.78, 5) is 0.0475. The van der Waals surface area contributed by atoms with Gasteiger partial charge in [0.2, 0.25) is 10.0 Å². The van der Waals surface area contributed by atoms with E-state index in [1.54, 1.807) is 6.92 Å². The maximum atomic E-state index is 12.1. The summed E-state index contributed by atoms with van der Waals surface area (Å²) in [5, 5.41) is -0.370. The predicted octanol–water partition coefficient (Wildman–Crippen LogP) is 0.818. The van der Waals surface area contributed by atoms with Crippen LogP contribution in [-0.4, -0.2) is 47.1 Å². The topological polar surface area (TPSA) is 63.4 Å². The minimum Gasteiger partial charge on any atom is -0.392 e. The molecule has 0 aromatic carbocycles. The molecule has 0 aliphatic carbocycles. The van der Waals surface area contributed by atoms with Gasteiger partial charge in [0, 0.05) is 24.1 Å². The van der Waals surface area contributed by atoms with E-state index in [9.17, 15) is 8.42 Å². The van der Waals surface area contributed by atoms with Crippen LogP contribution < -0.4 is 5.73 Å². The summed E-state index contributed by atoms with van der Waals surface area (Å²) < 4.78 is 25.8. The van der Waals surface area contributed by atoms with Crippen molar-refractivity contribution in [3.63, 3.8) is 0 Å². The Morgan fingerprint density at radius 3 is 2.81 bits per heavy atom. The molecule has 2 N–H and O–H groups in total. The Morgan fingerprint density at radius 2 is 2.31 bits per heavy atom. The molecule has 0 spiro atoms. The quantitative estimate of drug-likeness (QED) is 0.773. The van der Waals surface area contributed by atoms with E-state index in [0.29, 0.717) is 18.3 Å². The van der Waals surface area contributed by atoms with Crippen LogP contribution in [0.5, 0.6) is 0 Å². The van der Waals surface area contributed by atoms with E-state index < -0.39 is 15.3 Å². The number of sulfonamides is 1. The maximum absolute atomic E-state index is 12.1. The zero-order valence-corrected chi connectivity index (χ0v) is 12.0. The smallest absolute Gasteiger partial charge is 0.223 e. The lowest BCUT2D eigenvalue weighted by atomic mass is 10.3. The maximum Gasteiger partial charge on any atom is 0.223 e. The number of nitrogens with zero attached hydrogens (tertiary/aromatic N) is 1. The zero-order valence-electron chi connectivity index (χ0n) is 9.55. The molecule has 1 heterocycles. The number of hydrogen-bond acceptors (Lipinski definition) is 4. The molecule has 0 bridgehead atoms. The second kappa shape index (κ2) is 5.66. The molecule has 94 valence electrons. The molecular weight excluding hydrogens is 264 g/mol. The van der Waals surface area contributed by atoms with Crippen LogP contribution in [0.3, 0.4) is 0 Å². The first-order valence-electron chi connectivity index (χ1n) is 5.29. The van der Waals surface area contributed by atoms with E-state index in [1.807, 2.05) is 11.8 Å². The zero-order chi connectivity index (χ0) is 12.3. The molecular formula is C9H18N2O2S3. The highest BCUT2D eigenvalue weighted by atomic mass is 32.2. The number of rotatable bonds is 4. The van der Waals surface area contributed by atoms with Crippen LogP contribution in [0.1, 0.15) is 20.3 Å². The standard InChI is InChI=1S/C9H18N2O2S3/c1-3-8-6-11(4-5-15-8)16(12,13)7(2)9(10)14/h7-8H,3-6H2,1-2H3,(H2,10,14). The van der Waals surface area contributed by atoms with Gasteiger partial charge >= 0.3 is 0 Å². The average molecular weight is 282 g/mol. The van der Waals surface area contributed by atoms with Gasteiger partial charge in [0.25, 0.3) is 0 Å². The van der Waals surface area contributed by atoms with Crippen molar-refractivity contribution in [2.75, 3.05) is 18.8 Å². The normalized spacial score (nSPS) is 25.2. The first-order valence-corrected chi connectivity index (χ1v) is 8.25. The van der Waals surface area contributed by atoms with Crippen molar-refractivity contribution in [1.29, 1.82) is 0 Å². The number of thiocarbonyl (C=S) groups is 1. The summed E-state index contributed by atoms with van der Waals surface area (Å²) in [5.41, 5.74) is 5.42. The van der Waals surface area contributed by atoms with E-state index in [4.69, 9.17) is 18.0 Å². The van der Waals surface area contributed by atoms with Gasteiger partial charge < -0.3 is 5.73 Å². The van der Waals surface area contributed by atoms with Crippen molar-refractivity contribution in [1.82, 2.24) is 4.31 Å². The van der Waals surface area contributed by atoms with Crippen molar-refractivity contribution in [2.45, 2.75) is 30.8 Å². The van der Waals surface area contributed by atoms with Gasteiger partial charge in [0.15, 0.2) is 0 Å². The lowest BCUT2D eigenvalue weighted by Crippen LogP contribution is -2.48. The van der Waals surface area contributed by atoms with E-state index in [0.717, 1.165) is 12.2 Å². The van der Waals surface area contributed by atoms with Gasteiger partial charge in [-0.3, -0.25) is 0 Å². The molecule has 1 fully saturated rings. The highest BCUT2D eigenvalue weighted by Crippen LogP contribution is 2.24. The van der Waals surface area contributed by atoms with Crippen LogP contribution in [0, 0.1) is 0 Å². The summed E-state index contributed by atoms with van der Waals surface area (Å²) in [5.74, 6) is 0.849. The van der Waals surface area contributed by atoms with Crippen molar-refractivity contribution in [3.8, 4) is 0 Å². The Morgan fingerprint density at radius 1 is 1.69 bits per heavy atom. The first kappa shape index (κ1) is 14.2. The molecule has 16 heavy (non-hydrogen) atoms. The van der Waals surface area contributed by atoms with E-state index in [-0.39, 0.29) is 4.99 Å². The number of nitrogens with two attached hydrogens (primary N) is 1. The molecule has 0 saturated carbocycles. The average Bonchev–Trinajstić information content (AvgIpc) is 2.27. The van der Waals surface area contributed by atoms with Gasteiger partial charge in [-0.1, -0.05) is 19.1 Å². The molecule has 7 heteroatoms. The van der Waals surface area contributed by atoms with Gasteiger partial charge in [0.1, 0.15) is 5.25 Å². The Bertz CT molecular complexity index is 356. The summed E-state index contributed by atoms with van der Waals surface area (Å²) >= 11 is 6.59. The second-order valence-electron chi connectivity index (χ2n) is 3.85. The highest BCUT2D eigenvalue weighted by Gasteiger charge is 2.33. The fourth-order valence-corrected chi connectivity index (χ4v) is 4.77. The molecule has 0 aromatic heterocycles. The van der Waals surface area contributed by atoms with Crippen LogP contribution in [-0.2, 0) is 10.0 Å². The summed E-state index contributed by atoms with van der Waals surface area (Å²) in [6.45, 7) is 4.78. The molecule has 0 aromatic rings. The lowest BCUT2D eigenvalue weighted by Gasteiger charge is -2.32. The van der Waals surface area contributed by atoms with Gasteiger partial charge in [-0.25, -0.2) is 8.42 Å². The Kier molecular flexibility index (Phi) is 5.03. The van der Waals surface area contributed by atoms with E-state index >= 15 is 0 Å². The summed E-state index contributed by atoms with van der Waals surface area (Å²) in [6, 6.07) is 0. The monoisotopic (exact) mass is 282 g/mol. The third-order valence-corrected chi connectivity index (χ3v) is 6.84. The van der Waals surface area contributed by atoms with E-state index in [1.165, 1.54) is 4.31 Å². The highest BCUT2D eigenvalue weighted by molar-refractivity contribution is 8.00. The molecule has 1 aliphatic rings. The Balaban J connectivity index is 2.79. The van der Waals surface area contributed by atoms with Crippen molar-refractivity contribution in [2.24, 2.45) is 5.73 Å². The second-order valence-corrected chi connectivity index (χ2v) is 7.98. The summed E-state index contributed by atoms with van der Waals surface area (Å²) in [6.07, 6.45) is 0.984. The molecule has 4 nitrogen and oxygen atoms in total. The fraction of sp³-hybridized carbons (Fsp3) is 0.889. The molecule has 0 amide bonds. The third kappa shape index (κ3) is 3.09. The van der Waals surface area contributed by atoms with Crippen molar-refractivity contribution >= 4 is 39.0 Å². The van der Waals surface area contributed by atoms with Crippen LogP contribution in [0.4, 0.5) is 0 Å². The Hall–Kier alpha value is 0.150. The van der Waals surface area contributed by atoms with Gasteiger partial charge in [-0.2, -0.15) is 16.1 Å². The van der Waals surface area contributed by atoms with Gasteiger partial charge in [-0.05, 0) is 13.3 Å². The molecule has 1 rings (SSSR count). The van der Waals surface area contributed by atoms with Crippen LogP contribution in [0.25, 0.3) is 0 Å². The molecule has 0 radical (unpaired) electrons. The molecule has 1 aliphatic heterocycles. The van der Waals surface area contributed by atoms with Crippen LogP contribution in [0.2, 0.25) is 0 Å². The molecule has 1 saturated heterocycles. The van der Waals surface area contributed by atoms with Crippen LogP contribution in [0.15, 0.2) is 0 Å². The molecule has 2 atom stereocenters. The lowest BCUT2D eigenvalue weighted by molar-refractivity contribution is 0.414. The largest absolute Gasteiger partial charge is 0.392 e. The molecule has 2 unspecified atom stereocenters. The minimum absolute atomic E-state index is 0.0475. The predicted molar refractivity (Wildman–Crippen MR) is 73.3 cm³/mol. The third-order valence-electron chi connectivity index (χ3n) is 2.76. The Labute approximate surface area is 107 Å².